The number of primary amides is 1. The standard InChI is InChI=1S/C17H29N5O8/c1-8(2)14(22-15(28)9(18)3-6-12(24)25)17(30)21-10(4-5-11(19)23)16(29)20-7-13(26)27/h8-10,14H,3-7,18H2,1-2H3,(H2,19,23)(H,20,29)(H,21,30)(H,22,28)(H,24,25)(H,26,27). The molecule has 3 unspecified atom stereocenters. The number of carbonyl (C=O) groups excluding carboxylic acids is 4. The van der Waals surface area contributed by atoms with Crippen molar-refractivity contribution >= 4 is 35.6 Å². The van der Waals surface area contributed by atoms with Crippen LogP contribution in [0.5, 0.6) is 0 Å². The minimum atomic E-state index is -1.30. The highest BCUT2D eigenvalue weighted by molar-refractivity contribution is 5.94. The molecule has 13 nitrogen and oxygen atoms in total. The van der Waals surface area contributed by atoms with Crippen LogP contribution in [0.1, 0.15) is 39.5 Å². The van der Waals surface area contributed by atoms with Crippen molar-refractivity contribution < 1.29 is 39.0 Å². The van der Waals surface area contributed by atoms with E-state index in [0.29, 0.717) is 0 Å². The lowest BCUT2D eigenvalue weighted by Gasteiger charge is -2.26. The molecule has 30 heavy (non-hydrogen) atoms. The van der Waals surface area contributed by atoms with Crippen molar-refractivity contribution in [3.63, 3.8) is 0 Å². The average molecular weight is 431 g/mol. The highest BCUT2D eigenvalue weighted by atomic mass is 16.4. The summed E-state index contributed by atoms with van der Waals surface area (Å²) in [5.41, 5.74) is 10.7. The maximum Gasteiger partial charge on any atom is 0.322 e. The molecule has 0 aromatic heterocycles. The van der Waals surface area contributed by atoms with Crippen LogP contribution in [0, 0.1) is 5.92 Å². The minimum absolute atomic E-state index is 0.133. The topological polar surface area (TPSA) is 231 Å². The highest BCUT2D eigenvalue weighted by Gasteiger charge is 2.30. The molecule has 0 rings (SSSR count). The Kier molecular flexibility index (Phi) is 11.7. The van der Waals surface area contributed by atoms with Crippen LogP contribution in [-0.4, -0.2) is 70.5 Å². The molecule has 0 radical (unpaired) electrons. The first kappa shape index (κ1) is 26.8. The molecule has 4 amide bonds. The summed E-state index contributed by atoms with van der Waals surface area (Å²) in [5.74, 6) is -5.92. The quantitative estimate of drug-likeness (QED) is 0.151. The van der Waals surface area contributed by atoms with Crippen LogP contribution in [0.2, 0.25) is 0 Å². The van der Waals surface area contributed by atoms with E-state index in [1.54, 1.807) is 13.8 Å². The van der Waals surface area contributed by atoms with Crippen molar-refractivity contribution in [1.82, 2.24) is 16.0 Å². The molecule has 9 N–H and O–H groups in total. The SMILES string of the molecule is CC(C)C(NC(=O)C(N)CCC(=O)O)C(=O)NC(CCC(N)=O)C(=O)NCC(=O)O. The lowest BCUT2D eigenvalue weighted by molar-refractivity contribution is -0.139. The van der Waals surface area contributed by atoms with Gasteiger partial charge >= 0.3 is 11.9 Å². The normalized spacial score (nSPS) is 13.6. The fourth-order valence-corrected chi connectivity index (χ4v) is 2.31. The second-order valence-corrected chi connectivity index (χ2v) is 6.95. The fraction of sp³-hybridized carbons (Fsp3) is 0.647. The maximum atomic E-state index is 12.6. The Balaban J connectivity index is 5.18. The Morgan fingerprint density at radius 3 is 1.90 bits per heavy atom. The summed E-state index contributed by atoms with van der Waals surface area (Å²) < 4.78 is 0. The summed E-state index contributed by atoms with van der Waals surface area (Å²) in [7, 11) is 0. The number of carboxylic acids is 2. The number of nitrogens with two attached hydrogens (primary N) is 2. The Morgan fingerprint density at radius 2 is 1.43 bits per heavy atom. The third kappa shape index (κ3) is 10.9. The molecule has 0 aliphatic carbocycles. The number of hydrogen-bond donors (Lipinski definition) is 7. The second-order valence-electron chi connectivity index (χ2n) is 6.95. The van der Waals surface area contributed by atoms with Gasteiger partial charge in [-0.15, -0.1) is 0 Å². The molecule has 0 aliphatic heterocycles. The molecule has 0 saturated heterocycles. The number of nitrogens with one attached hydrogen (secondary N) is 3. The van der Waals surface area contributed by atoms with Gasteiger partial charge in [0.15, 0.2) is 0 Å². The first-order chi connectivity index (χ1) is 13.8. The monoisotopic (exact) mass is 431 g/mol. The van der Waals surface area contributed by atoms with Crippen molar-refractivity contribution in [2.24, 2.45) is 17.4 Å². The van der Waals surface area contributed by atoms with Gasteiger partial charge in [-0.2, -0.15) is 0 Å². The van der Waals surface area contributed by atoms with Crippen LogP contribution in [0.25, 0.3) is 0 Å². The van der Waals surface area contributed by atoms with Crippen molar-refractivity contribution in [2.75, 3.05) is 6.54 Å². The summed E-state index contributed by atoms with van der Waals surface area (Å²) in [4.78, 5) is 69.2. The number of rotatable bonds is 14. The van der Waals surface area contributed by atoms with Gasteiger partial charge in [-0.3, -0.25) is 28.8 Å². The number of carbonyl (C=O) groups is 6. The van der Waals surface area contributed by atoms with E-state index in [2.05, 4.69) is 16.0 Å². The van der Waals surface area contributed by atoms with Crippen LogP contribution in [0.3, 0.4) is 0 Å². The summed E-state index contributed by atoms with van der Waals surface area (Å²) in [6, 6.07) is -3.53. The summed E-state index contributed by atoms with van der Waals surface area (Å²) in [6.45, 7) is 2.55. The van der Waals surface area contributed by atoms with Crippen LogP contribution in [0.4, 0.5) is 0 Å². The van der Waals surface area contributed by atoms with E-state index >= 15 is 0 Å². The number of aliphatic carboxylic acids is 2. The molecule has 13 heteroatoms. The Hall–Kier alpha value is -3.22. The molecule has 0 saturated carbocycles. The van der Waals surface area contributed by atoms with Crippen LogP contribution < -0.4 is 27.4 Å². The molecule has 0 bridgehead atoms. The van der Waals surface area contributed by atoms with Gasteiger partial charge in [-0.1, -0.05) is 13.8 Å². The highest BCUT2D eigenvalue weighted by Crippen LogP contribution is 2.06. The molecule has 0 aromatic rings. The zero-order chi connectivity index (χ0) is 23.4. The van der Waals surface area contributed by atoms with E-state index in [0.717, 1.165) is 0 Å². The lowest BCUT2D eigenvalue weighted by Crippen LogP contribution is -2.57. The van der Waals surface area contributed by atoms with E-state index in [9.17, 15) is 28.8 Å². The van der Waals surface area contributed by atoms with Gasteiger partial charge in [-0.25, -0.2) is 0 Å². The smallest absolute Gasteiger partial charge is 0.322 e. The first-order valence-electron chi connectivity index (χ1n) is 9.21. The van der Waals surface area contributed by atoms with Crippen molar-refractivity contribution in [2.45, 2.75) is 57.7 Å². The molecular weight excluding hydrogens is 402 g/mol. The maximum absolute atomic E-state index is 12.6. The van der Waals surface area contributed by atoms with Gasteiger partial charge in [0.2, 0.25) is 23.6 Å². The minimum Gasteiger partial charge on any atom is -0.481 e. The third-order valence-electron chi connectivity index (χ3n) is 3.98. The van der Waals surface area contributed by atoms with E-state index in [1.165, 1.54) is 0 Å². The van der Waals surface area contributed by atoms with Crippen LogP contribution >= 0.6 is 0 Å². The van der Waals surface area contributed by atoms with Gasteiger partial charge in [0.1, 0.15) is 18.6 Å². The predicted molar refractivity (Wildman–Crippen MR) is 103 cm³/mol. The molecule has 0 aliphatic rings. The lowest BCUT2D eigenvalue weighted by atomic mass is 10.0. The van der Waals surface area contributed by atoms with E-state index in [-0.39, 0.29) is 25.7 Å². The molecule has 3 atom stereocenters. The molecular formula is C17H29N5O8. The Morgan fingerprint density at radius 1 is 0.833 bits per heavy atom. The van der Waals surface area contributed by atoms with E-state index in [1.807, 2.05) is 0 Å². The van der Waals surface area contributed by atoms with Gasteiger partial charge in [0, 0.05) is 12.8 Å². The van der Waals surface area contributed by atoms with Crippen molar-refractivity contribution in [3.8, 4) is 0 Å². The molecule has 0 spiro atoms. The zero-order valence-electron chi connectivity index (χ0n) is 16.8. The number of carboxylic acid groups (broad SMARTS) is 2. The van der Waals surface area contributed by atoms with Gasteiger partial charge < -0.3 is 37.6 Å². The summed E-state index contributed by atoms with van der Waals surface area (Å²) in [6.07, 6.45) is -0.883. The molecule has 0 heterocycles. The molecule has 0 fully saturated rings. The van der Waals surface area contributed by atoms with E-state index < -0.39 is 66.2 Å². The average Bonchev–Trinajstić information content (AvgIpc) is 2.64. The van der Waals surface area contributed by atoms with Crippen LogP contribution in [-0.2, 0) is 28.8 Å². The van der Waals surface area contributed by atoms with Crippen molar-refractivity contribution in [1.29, 1.82) is 0 Å². The zero-order valence-corrected chi connectivity index (χ0v) is 16.8. The Labute approximate surface area is 172 Å². The fourth-order valence-electron chi connectivity index (χ4n) is 2.31. The van der Waals surface area contributed by atoms with Crippen molar-refractivity contribution in [3.05, 3.63) is 0 Å². The third-order valence-corrected chi connectivity index (χ3v) is 3.98. The largest absolute Gasteiger partial charge is 0.481 e. The summed E-state index contributed by atoms with van der Waals surface area (Å²) in [5, 5.41) is 24.2. The Bertz CT molecular complexity index is 667. The van der Waals surface area contributed by atoms with Gasteiger partial charge in [-0.05, 0) is 18.8 Å². The number of hydrogen-bond acceptors (Lipinski definition) is 7. The van der Waals surface area contributed by atoms with Gasteiger partial charge in [0.05, 0.1) is 6.04 Å². The predicted octanol–water partition coefficient (Wildman–Crippen LogP) is -2.73. The number of amides is 4. The van der Waals surface area contributed by atoms with E-state index in [4.69, 9.17) is 21.7 Å². The van der Waals surface area contributed by atoms with Crippen LogP contribution in [0.15, 0.2) is 0 Å². The first-order valence-corrected chi connectivity index (χ1v) is 9.21. The second kappa shape index (κ2) is 13.1. The van der Waals surface area contributed by atoms with Gasteiger partial charge in [0.25, 0.3) is 0 Å². The molecule has 0 aromatic carbocycles. The molecule has 170 valence electrons. The summed E-state index contributed by atoms with van der Waals surface area (Å²) >= 11 is 0.